The van der Waals surface area contributed by atoms with Gasteiger partial charge >= 0.3 is 0 Å². The molecular weight excluding hydrogens is 236 g/mol. The van der Waals surface area contributed by atoms with Crippen LogP contribution in [0.5, 0.6) is 0 Å². The minimum Gasteiger partial charge on any atom is -0.368 e. The molecule has 0 spiro atoms. The predicted molar refractivity (Wildman–Crippen MR) is 77.6 cm³/mol. The lowest BCUT2D eigenvalue weighted by Gasteiger charge is -2.25. The van der Waals surface area contributed by atoms with Gasteiger partial charge in [-0.05, 0) is 37.8 Å². The first kappa shape index (κ1) is 12.0. The second-order valence-corrected chi connectivity index (χ2v) is 4.97. The van der Waals surface area contributed by atoms with Crippen LogP contribution in [0.1, 0.15) is 24.0 Å². The number of benzene rings is 1. The highest BCUT2D eigenvalue weighted by Crippen LogP contribution is 2.32. The molecule has 1 aromatic heterocycles. The minimum absolute atomic E-state index is 0.335. The number of nitrogens with two attached hydrogens (primary N) is 1. The first-order valence-corrected chi connectivity index (χ1v) is 6.70. The summed E-state index contributed by atoms with van der Waals surface area (Å²) in [6.45, 7) is 3.01. The van der Waals surface area contributed by atoms with Crippen molar-refractivity contribution >= 4 is 17.5 Å². The van der Waals surface area contributed by atoms with E-state index in [9.17, 15) is 0 Å². The molecule has 2 N–H and O–H groups in total. The van der Waals surface area contributed by atoms with Gasteiger partial charge < -0.3 is 10.6 Å². The van der Waals surface area contributed by atoms with Crippen LogP contribution in [0, 0.1) is 6.92 Å². The molecule has 0 atom stereocenters. The largest absolute Gasteiger partial charge is 0.368 e. The van der Waals surface area contributed by atoms with Crippen molar-refractivity contribution in [3.63, 3.8) is 0 Å². The van der Waals surface area contributed by atoms with Gasteiger partial charge in [0.1, 0.15) is 5.82 Å². The summed E-state index contributed by atoms with van der Waals surface area (Å²) in [7, 11) is 0. The molecule has 98 valence electrons. The summed E-state index contributed by atoms with van der Waals surface area (Å²) >= 11 is 0. The Hall–Kier alpha value is -2.10. The maximum absolute atomic E-state index is 5.74. The molecule has 0 radical (unpaired) electrons. The summed E-state index contributed by atoms with van der Waals surface area (Å²) in [5.74, 6) is 1.27. The minimum atomic E-state index is 0.335. The highest BCUT2D eigenvalue weighted by atomic mass is 15.2. The molecule has 1 aliphatic rings. The number of hydrogen-bond donors (Lipinski definition) is 1. The Morgan fingerprint density at radius 1 is 1.21 bits per heavy atom. The highest BCUT2D eigenvalue weighted by molar-refractivity contribution is 5.67. The lowest BCUT2D eigenvalue weighted by molar-refractivity contribution is 0.756. The van der Waals surface area contributed by atoms with E-state index >= 15 is 0 Å². The second-order valence-electron chi connectivity index (χ2n) is 4.97. The number of fused-ring (bicyclic) bond motifs is 1. The fraction of sp³-hybridized carbons (Fsp3) is 0.333. The average Bonchev–Trinajstić information content (AvgIpc) is 2.64. The molecule has 4 heteroatoms. The van der Waals surface area contributed by atoms with Crippen LogP contribution in [0.15, 0.2) is 30.5 Å². The monoisotopic (exact) mass is 254 g/mol. The molecule has 0 saturated carbocycles. The quantitative estimate of drug-likeness (QED) is 0.850. The van der Waals surface area contributed by atoms with E-state index in [2.05, 4.69) is 39.1 Å². The molecule has 1 aliphatic heterocycles. The Labute approximate surface area is 113 Å². The van der Waals surface area contributed by atoms with Crippen molar-refractivity contribution in [2.75, 3.05) is 17.2 Å². The molecule has 0 fully saturated rings. The van der Waals surface area contributed by atoms with Gasteiger partial charge in [0.05, 0.1) is 0 Å². The average molecular weight is 254 g/mol. The third kappa shape index (κ3) is 2.26. The summed E-state index contributed by atoms with van der Waals surface area (Å²) in [5, 5.41) is 0. The molecule has 0 saturated heterocycles. The molecule has 0 bridgehead atoms. The second kappa shape index (κ2) is 4.88. The Morgan fingerprint density at radius 3 is 2.95 bits per heavy atom. The van der Waals surface area contributed by atoms with E-state index in [0.29, 0.717) is 5.95 Å². The van der Waals surface area contributed by atoms with Gasteiger partial charge in [-0.15, -0.1) is 0 Å². The number of aryl methyl sites for hydroxylation is 2. The molecule has 2 aromatic rings. The zero-order chi connectivity index (χ0) is 13.2. The summed E-state index contributed by atoms with van der Waals surface area (Å²) in [5.41, 5.74) is 9.44. The van der Waals surface area contributed by atoms with Crippen molar-refractivity contribution in [3.8, 4) is 0 Å². The van der Waals surface area contributed by atoms with Crippen LogP contribution in [-0.2, 0) is 6.42 Å². The number of rotatable bonds is 1. The van der Waals surface area contributed by atoms with Crippen molar-refractivity contribution in [1.29, 1.82) is 0 Å². The smallest absolute Gasteiger partial charge is 0.221 e. The zero-order valence-corrected chi connectivity index (χ0v) is 11.1. The molecular formula is C15H18N4. The Morgan fingerprint density at radius 2 is 2.05 bits per heavy atom. The van der Waals surface area contributed by atoms with Crippen molar-refractivity contribution in [3.05, 3.63) is 41.6 Å². The third-order valence-corrected chi connectivity index (χ3v) is 3.58. The van der Waals surface area contributed by atoms with E-state index in [4.69, 9.17) is 5.73 Å². The summed E-state index contributed by atoms with van der Waals surface area (Å²) in [4.78, 5) is 10.8. The fourth-order valence-corrected chi connectivity index (χ4v) is 2.63. The van der Waals surface area contributed by atoms with Crippen molar-refractivity contribution < 1.29 is 0 Å². The van der Waals surface area contributed by atoms with Crippen molar-refractivity contribution in [1.82, 2.24) is 9.97 Å². The molecule has 1 aromatic carbocycles. The van der Waals surface area contributed by atoms with Gasteiger partial charge in [0.2, 0.25) is 5.95 Å². The number of nitrogens with zero attached hydrogens (tertiary/aromatic N) is 3. The molecule has 19 heavy (non-hydrogen) atoms. The van der Waals surface area contributed by atoms with E-state index in [1.54, 1.807) is 6.20 Å². The standard InChI is InChI=1S/C15H18N4/c1-11-10-17-15(16)18-14(11)19-9-5-4-7-12-6-2-3-8-13(12)19/h2-3,6,8,10H,4-5,7,9H2,1H3,(H2,16,17,18). The number of nitrogen functional groups attached to an aromatic ring is 1. The lowest BCUT2D eigenvalue weighted by Crippen LogP contribution is -2.21. The van der Waals surface area contributed by atoms with Gasteiger partial charge in [-0.1, -0.05) is 18.2 Å². The molecule has 4 nitrogen and oxygen atoms in total. The Kier molecular flexibility index (Phi) is 3.07. The van der Waals surface area contributed by atoms with E-state index in [1.807, 2.05) is 6.92 Å². The van der Waals surface area contributed by atoms with Gasteiger partial charge in [-0.2, -0.15) is 4.98 Å². The van der Waals surface area contributed by atoms with Crippen LogP contribution < -0.4 is 10.6 Å². The maximum atomic E-state index is 5.74. The Balaban J connectivity index is 2.11. The van der Waals surface area contributed by atoms with Crippen LogP contribution in [0.3, 0.4) is 0 Å². The van der Waals surface area contributed by atoms with Gasteiger partial charge in [0.25, 0.3) is 0 Å². The molecule has 0 amide bonds. The maximum Gasteiger partial charge on any atom is 0.221 e. The van der Waals surface area contributed by atoms with Crippen molar-refractivity contribution in [2.45, 2.75) is 26.2 Å². The number of hydrogen-bond acceptors (Lipinski definition) is 4. The summed E-state index contributed by atoms with van der Waals surface area (Å²) in [6, 6.07) is 8.55. The van der Waals surface area contributed by atoms with Crippen molar-refractivity contribution in [2.24, 2.45) is 0 Å². The van der Waals surface area contributed by atoms with E-state index in [0.717, 1.165) is 30.8 Å². The summed E-state index contributed by atoms with van der Waals surface area (Å²) in [6.07, 6.45) is 5.31. The first-order valence-electron chi connectivity index (χ1n) is 6.70. The Bertz CT molecular complexity index is 594. The first-order chi connectivity index (χ1) is 9.25. The van der Waals surface area contributed by atoms with Gasteiger partial charge in [-0.25, -0.2) is 4.98 Å². The van der Waals surface area contributed by atoms with Crippen LogP contribution in [0.25, 0.3) is 0 Å². The normalized spacial score (nSPS) is 14.9. The van der Waals surface area contributed by atoms with Crippen LogP contribution in [0.2, 0.25) is 0 Å². The third-order valence-electron chi connectivity index (χ3n) is 3.58. The number of aromatic nitrogens is 2. The topological polar surface area (TPSA) is 55.0 Å². The molecule has 0 unspecified atom stereocenters. The molecule has 2 heterocycles. The van der Waals surface area contributed by atoms with Crippen LogP contribution in [0.4, 0.5) is 17.5 Å². The zero-order valence-electron chi connectivity index (χ0n) is 11.1. The van der Waals surface area contributed by atoms with Crippen LogP contribution in [-0.4, -0.2) is 16.5 Å². The number of para-hydroxylation sites is 1. The molecule has 3 rings (SSSR count). The lowest BCUT2D eigenvalue weighted by atomic mass is 10.1. The highest BCUT2D eigenvalue weighted by Gasteiger charge is 2.19. The van der Waals surface area contributed by atoms with Gasteiger partial charge in [0.15, 0.2) is 0 Å². The van der Waals surface area contributed by atoms with Crippen LogP contribution >= 0.6 is 0 Å². The predicted octanol–water partition coefficient (Wildman–Crippen LogP) is 2.84. The van der Waals surface area contributed by atoms with E-state index < -0.39 is 0 Å². The SMILES string of the molecule is Cc1cnc(N)nc1N1CCCCc2ccccc21. The van der Waals surface area contributed by atoms with E-state index in [1.165, 1.54) is 17.7 Å². The van der Waals surface area contributed by atoms with Gasteiger partial charge in [-0.3, -0.25) is 0 Å². The fourth-order valence-electron chi connectivity index (χ4n) is 2.63. The van der Waals surface area contributed by atoms with E-state index in [-0.39, 0.29) is 0 Å². The summed E-state index contributed by atoms with van der Waals surface area (Å²) < 4.78 is 0. The number of anilines is 3. The van der Waals surface area contributed by atoms with Gasteiger partial charge in [0, 0.05) is 24.0 Å². The molecule has 0 aliphatic carbocycles.